The maximum absolute atomic E-state index is 13.3. The maximum atomic E-state index is 13.3. The molecule has 1 fully saturated rings. The molecule has 0 N–H and O–H groups in total. The van der Waals surface area contributed by atoms with Gasteiger partial charge in [0.25, 0.3) is 11.4 Å². The standard InChI is InChI=1S/C16H15FN4O4/c17-12-1-6-15(16(11-12)21(24)25)19-9-7-18(8-10-19)13-2-4-14(5-3-13)20(22)23/h1-6,11H,7-10H2. The quantitative estimate of drug-likeness (QED) is 0.624. The Hall–Kier alpha value is -3.23. The highest BCUT2D eigenvalue weighted by Crippen LogP contribution is 2.30. The van der Waals surface area contributed by atoms with Crippen molar-refractivity contribution in [1.29, 1.82) is 0 Å². The summed E-state index contributed by atoms with van der Waals surface area (Å²) in [5.41, 5.74) is 1.04. The van der Waals surface area contributed by atoms with Crippen LogP contribution in [0.4, 0.5) is 27.1 Å². The molecule has 25 heavy (non-hydrogen) atoms. The van der Waals surface area contributed by atoms with Gasteiger partial charge >= 0.3 is 0 Å². The number of halogens is 1. The summed E-state index contributed by atoms with van der Waals surface area (Å²) >= 11 is 0. The van der Waals surface area contributed by atoms with E-state index in [9.17, 15) is 24.6 Å². The summed E-state index contributed by atoms with van der Waals surface area (Å²) < 4.78 is 13.3. The van der Waals surface area contributed by atoms with Crippen LogP contribution in [-0.2, 0) is 0 Å². The van der Waals surface area contributed by atoms with Gasteiger partial charge in [0.05, 0.1) is 15.9 Å². The van der Waals surface area contributed by atoms with Crippen molar-refractivity contribution in [3.05, 3.63) is 68.5 Å². The van der Waals surface area contributed by atoms with Crippen LogP contribution in [0.2, 0.25) is 0 Å². The SMILES string of the molecule is O=[N+]([O-])c1ccc(N2CCN(c3ccc(F)cc3[N+](=O)[O-])CC2)cc1. The van der Waals surface area contributed by atoms with Crippen LogP contribution in [-0.4, -0.2) is 36.0 Å². The highest BCUT2D eigenvalue weighted by Gasteiger charge is 2.24. The number of nitrogens with zero attached hydrogens (tertiary/aromatic N) is 4. The van der Waals surface area contributed by atoms with E-state index in [0.717, 1.165) is 11.8 Å². The van der Waals surface area contributed by atoms with Crippen molar-refractivity contribution >= 4 is 22.7 Å². The van der Waals surface area contributed by atoms with E-state index in [0.29, 0.717) is 31.9 Å². The number of nitro benzene ring substituents is 2. The molecule has 0 aromatic heterocycles. The van der Waals surface area contributed by atoms with Gasteiger partial charge in [-0.15, -0.1) is 0 Å². The molecular weight excluding hydrogens is 331 g/mol. The lowest BCUT2D eigenvalue weighted by molar-refractivity contribution is -0.384. The topological polar surface area (TPSA) is 92.8 Å². The summed E-state index contributed by atoms with van der Waals surface area (Å²) in [6, 6.07) is 9.85. The molecule has 0 amide bonds. The number of rotatable bonds is 4. The fourth-order valence-electron chi connectivity index (χ4n) is 2.90. The molecule has 8 nitrogen and oxygen atoms in total. The molecule has 0 saturated carbocycles. The van der Waals surface area contributed by atoms with Gasteiger partial charge < -0.3 is 9.80 Å². The van der Waals surface area contributed by atoms with E-state index in [-0.39, 0.29) is 11.4 Å². The van der Waals surface area contributed by atoms with Crippen LogP contribution < -0.4 is 9.80 Å². The van der Waals surface area contributed by atoms with Gasteiger partial charge in [0.2, 0.25) is 0 Å². The Labute approximate surface area is 142 Å². The molecule has 0 spiro atoms. The Bertz CT molecular complexity index is 804. The van der Waals surface area contributed by atoms with Gasteiger partial charge in [-0.1, -0.05) is 0 Å². The summed E-state index contributed by atoms with van der Waals surface area (Å²) in [6.45, 7) is 2.27. The predicted octanol–water partition coefficient (Wildman–Crippen LogP) is 2.97. The zero-order chi connectivity index (χ0) is 18.0. The first kappa shape index (κ1) is 16.6. The van der Waals surface area contributed by atoms with Crippen molar-refractivity contribution in [1.82, 2.24) is 0 Å². The van der Waals surface area contributed by atoms with Crippen molar-refractivity contribution in [2.45, 2.75) is 0 Å². The second-order valence-corrected chi connectivity index (χ2v) is 5.64. The van der Waals surface area contributed by atoms with E-state index >= 15 is 0 Å². The monoisotopic (exact) mass is 346 g/mol. The molecule has 0 aliphatic carbocycles. The maximum Gasteiger partial charge on any atom is 0.295 e. The molecule has 1 aliphatic rings. The lowest BCUT2D eigenvalue weighted by Crippen LogP contribution is -2.46. The van der Waals surface area contributed by atoms with Gasteiger partial charge in [-0.2, -0.15) is 0 Å². The minimum atomic E-state index is -0.639. The molecule has 0 atom stereocenters. The largest absolute Gasteiger partial charge is 0.368 e. The van der Waals surface area contributed by atoms with Crippen LogP contribution in [0.3, 0.4) is 0 Å². The second kappa shape index (κ2) is 6.71. The highest BCUT2D eigenvalue weighted by atomic mass is 19.1. The van der Waals surface area contributed by atoms with Gasteiger partial charge in [-0.05, 0) is 24.3 Å². The predicted molar refractivity (Wildman–Crippen MR) is 90.6 cm³/mol. The van der Waals surface area contributed by atoms with Gasteiger partial charge in [0, 0.05) is 44.0 Å². The van der Waals surface area contributed by atoms with Crippen LogP contribution in [0.15, 0.2) is 42.5 Å². The van der Waals surface area contributed by atoms with Crippen molar-refractivity contribution in [2.75, 3.05) is 36.0 Å². The van der Waals surface area contributed by atoms with E-state index < -0.39 is 15.7 Å². The molecule has 0 unspecified atom stereocenters. The minimum Gasteiger partial charge on any atom is -0.368 e. The molecule has 1 saturated heterocycles. The fourth-order valence-corrected chi connectivity index (χ4v) is 2.90. The zero-order valence-electron chi connectivity index (χ0n) is 13.2. The van der Waals surface area contributed by atoms with E-state index in [1.54, 1.807) is 12.1 Å². The van der Waals surface area contributed by atoms with Gasteiger partial charge in [0.1, 0.15) is 11.5 Å². The Morgan fingerprint density at radius 1 is 0.840 bits per heavy atom. The van der Waals surface area contributed by atoms with E-state index in [2.05, 4.69) is 4.90 Å². The van der Waals surface area contributed by atoms with Crippen molar-refractivity contribution < 1.29 is 14.2 Å². The van der Waals surface area contributed by atoms with E-state index in [1.165, 1.54) is 24.3 Å². The second-order valence-electron chi connectivity index (χ2n) is 5.64. The van der Waals surface area contributed by atoms with Crippen molar-refractivity contribution in [2.24, 2.45) is 0 Å². The fraction of sp³-hybridized carbons (Fsp3) is 0.250. The van der Waals surface area contributed by atoms with Crippen LogP contribution >= 0.6 is 0 Å². The van der Waals surface area contributed by atoms with Crippen LogP contribution in [0, 0.1) is 26.0 Å². The summed E-state index contributed by atoms with van der Waals surface area (Å²) in [6.07, 6.45) is 0. The summed E-state index contributed by atoms with van der Waals surface area (Å²) in [5, 5.41) is 21.8. The number of anilines is 2. The Balaban J connectivity index is 1.72. The number of non-ortho nitro benzene ring substituents is 1. The number of benzene rings is 2. The van der Waals surface area contributed by atoms with E-state index in [1.807, 2.05) is 4.90 Å². The average Bonchev–Trinajstić information content (AvgIpc) is 2.62. The molecule has 130 valence electrons. The molecule has 1 heterocycles. The summed E-state index contributed by atoms with van der Waals surface area (Å²) in [7, 11) is 0. The van der Waals surface area contributed by atoms with Crippen LogP contribution in [0.25, 0.3) is 0 Å². The Kier molecular flexibility index (Phi) is 4.46. The third-order valence-corrected chi connectivity index (χ3v) is 4.18. The molecular formula is C16H15FN4O4. The third kappa shape index (κ3) is 3.49. The molecule has 2 aromatic rings. The number of hydrogen-bond donors (Lipinski definition) is 0. The Morgan fingerprint density at radius 2 is 1.44 bits per heavy atom. The minimum absolute atomic E-state index is 0.0318. The normalized spacial score (nSPS) is 14.4. The lowest BCUT2D eigenvalue weighted by Gasteiger charge is -2.37. The Morgan fingerprint density at radius 3 is 2.00 bits per heavy atom. The lowest BCUT2D eigenvalue weighted by atomic mass is 10.2. The summed E-state index contributed by atoms with van der Waals surface area (Å²) in [4.78, 5) is 24.7. The van der Waals surface area contributed by atoms with Crippen LogP contribution in [0.1, 0.15) is 0 Å². The van der Waals surface area contributed by atoms with Crippen molar-refractivity contribution in [3.8, 4) is 0 Å². The summed E-state index contributed by atoms with van der Waals surface area (Å²) in [5.74, 6) is -0.639. The van der Waals surface area contributed by atoms with Crippen LogP contribution in [0.5, 0.6) is 0 Å². The first-order chi connectivity index (χ1) is 12.0. The number of nitro groups is 2. The number of hydrogen-bond acceptors (Lipinski definition) is 6. The highest BCUT2D eigenvalue weighted by molar-refractivity contribution is 5.64. The molecule has 1 aliphatic heterocycles. The molecule has 0 bridgehead atoms. The van der Waals surface area contributed by atoms with Gasteiger partial charge in [0.15, 0.2) is 0 Å². The van der Waals surface area contributed by atoms with Gasteiger partial charge in [-0.25, -0.2) is 4.39 Å². The van der Waals surface area contributed by atoms with Gasteiger partial charge in [-0.3, -0.25) is 20.2 Å². The van der Waals surface area contributed by atoms with Crippen molar-refractivity contribution in [3.63, 3.8) is 0 Å². The third-order valence-electron chi connectivity index (χ3n) is 4.18. The zero-order valence-corrected chi connectivity index (χ0v) is 13.2. The first-order valence-electron chi connectivity index (χ1n) is 7.64. The number of piperazine rings is 1. The average molecular weight is 346 g/mol. The smallest absolute Gasteiger partial charge is 0.295 e. The molecule has 3 rings (SSSR count). The molecule has 0 radical (unpaired) electrons. The first-order valence-corrected chi connectivity index (χ1v) is 7.64. The van der Waals surface area contributed by atoms with E-state index in [4.69, 9.17) is 0 Å². The molecule has 9 heteroatoms. The molecule has 2 aromatic carbocycles.